The van der Waals surface area contributed by atoms with E-state index in [-0.39, 0.29) is 18.1 Å². The summed E-state index contributed by atoms with van der Waals surface area (Å²) in [5.74, 6) is 2.96. The largest absolute Gasteiger partial charge is 0.508 e. The van der Waals surface area contributed by atoms with Gasteiger partial charge in [0.2, 0.25) is 5.28 Å². The molecule has 9 heteroatoms. The van der Waals surface area contributed by atoms with Crippen molar-refractivity contribution in [2.45, 2.75) is 109 Å². The van der Waals surface area contributed by atoms with Crippen LogP contribution in [0.3, 0.4) is 0 Å². The molecule has 0 spiro atoms. The van der Waals surface area contributed by atoms with Gasteiger partial charge < -0.3 is 24.5 Å². The lowest BCUT2D eigenvalue weighted by Gasteiger charge is -2.23. The second-order valence-corrected chi connectivity index (χ2v) is 10.2. The average Bonchev–Trinajstić information content (AvgIpc) is 3.50. The molecule has 0 amide bonds. The molecular weight excluding hydrogens is 492 g/mol. The summed E-state index contributed by atoms with van der Waals surface area (Å²) in [5.41, 5.74) is 5.48. The predicted octanol–water partition coefficient (Wildman–Crippen LogP) is 7.20. The van der Waals surface area contributed by atoms with Crippen LogP contribution in [0.2, 0.25) is 5.28 Å². The summed E-state index contributed by atoms with van der Waals surface area (Å²) in [6, 6.07) is 1.81. The summed E-state index contributed by atoms with van der Waals surface area (Å²) < 4.78 is 18.5. The van der Waals surface area contributed by atoms with Crippen LogP contribution >= 0.6 is 11.6 Å². The summed E-state index contributed by atoms with van der Waals surface area (Å²) in [5, 5.41) is 0.745. The van der Waals surface area contributed by atoms with Crippen LogP contribution in [0.15, 0.2) is 12.3 Å². The van der Waals surface area contributed by atoms with Crippen molar-refractivity contribution in [2.75, 3.05) is 18.9 Å². The number of ether oxygens (including phenoxy) is 3. The Bertz CT molecular complexity index is 1040. The Morgan fingerprint density at radius 1 is 1.14 bits per heavy atom. The Labute approximate surface area is 225 Å². The van der Waals surface area contributed by atoms with Crippen LogP contribution in [0.25, 0.3) is 11.0 Å². The highest BCUT2D eigenvalue weighted by molar-refractivity contribution is 6.28. The molecular formula is C28H41ClN4O4. The molecule has 0 unspecified atom stereocenters. The zero-order chi connectivity index (χ0) is 26.5. The fourth-order valence-corrected chi connectivity index (χ4v) is 4.93. The molecule has 0 aromatic carbocycles. The van der Waals surface area contributed by atoms with Gasteiger partial charge in [-0.2, -0.15) is 4.98 Å². The molecule has 0 aliphatic carbocycles. The highest BCUT2D eigenvalue weighted by atomic mass is 35.5. The molecule has 2 N–H and O–H groups in total. The SMILES string of the molecule is C#C[C@@]1(COC(=O)OCCCCCCCCCCCCCC)CC[C@H](n2ccc3c(N)nc(Cl)nc32)O1. The average molecular weight is 533 g/mol. The van der Waals surface area contributed by atoms with Gasteiger partial charge in [-0.3, -0.25) is 0 Å². The molecule has 1 aliphatic heterocycles. The lowest BCUT2D eigenvalue weighted by atomic mass is 10.0. The van der Waals surface area contributed by atoms with Crippen molar-refractivity contribution in [1.82, 2.24) is 14.5 Å². The molecule has 2 aromatic heterocycles. The van der Waals surface area contributed by atoms with Crippen LogP contribution in [-0.4, -0.2) is 39.5 Å². The quantitative estimate of drug-likeness (QED) is 0.105. The van der Waals surface area contributed by atoms with Crippen molar-refractivity contribution in [3.63, 3.8) is 0 Å². The third-order valence-electron chi connectivity index (χ3n) is 6.95. The normalized spacial score (nSPS) is 19.2. The first kappa shape index (κ1) is 29.1. The standard InChI is InChI=1S/C28H41ClN4O4/c1-3-5-6-7-8-9-10-11-12-13-14-15-20-35-27(34)36-21-28(4-2)18-16-23(37-28)33-19-17-22-24(30)31-26(29)32-25(22)33/h2,17,19,23H,3,5-16,18,20-21H2,1H3,(H2,30,31,32)/t23-,28+/m1/s1. The van der Waals surface area contributed by atoms with Gasteiger partial charge >= 0.3 is 6.16 Å². The molecule has 2 aromatic rings. The number of carbonyl (C=O) groups is 1. The number of hydrogen-bond acceptors (Lipinski definition) is 7. The molecule has 0 radical (unpaired) electrons. The molecule has 1 aliphatic rings. The number of nitrogens with zero attached hydrogens (tertiary/aromatic N) is 3. The van der Waals surface area contributed by atoms with E-state index in [4.69, 9.17) is 38.0 Å². The van der Waals surface area contributed by atoms with E-state index in [1.54, 1.807) is 0 Å². The number of nitrogens with two attached hydrogens (primary N) is 1. The second-order valence-electron chi connectivity index (χ2n) is 9.86. The lowest BCUT2D eigenvalue weighted by Crippen LogP contribution is -2.34. The van der Waals surface area contributed by atoms with Gasteiger partial charge in [-0.05, 0) is 36.9 Å². The minimum atomic E-state index is -1.03. The van der Waals surface area contributed by atoms with Gasteiger partial charge in [-0.15, -0.1) is 6.42 Å². The van der Waals surface area contributed by atoms with E-state index in [1.165, 1.54) is 64.2 Å². The first-order valence-electron chi connectivity index (χ1n) is 13.7. The molecule has 204 valence electrons. The third-order valence-corrected chi connectivity index (χ3v) is 7.11. The van der Waals surface area contributed by atoms with E-state index in [1.807, 2.05) is 16.8 Å². The van der Waals surface area contributed by atoms with E-state index >= 15 is 0 Å². The summed E-state index contributed by atoms with van der Waals surface area (Å²) in [6.45, 7) is 2.52. The van der Waals surface area contributed by atoms with Crippen LogP contribution in [0.4, 0.5) is 10.6 Å². The minimum absolute atomic E-state index is 0.0606. The molecule has 3 rings (SSSR count). The number of fused-ring (bicyclic) bond motifs is 1. The van der Waals surface area contributed by atoms with E-state index in [0.717, 1.165) is 12.8 Å². The molecule has 2 atom stereocenters. The van der Waals surface area contributed by atoms with Crippen molar-refractivity contribution >= 4 is 34.6 Å². The number of hydrogen-bond donors (Lipinski definition) is 1. The van der Waals surface area contributed by atoms with E-state index in [9.17, 15) is 4.79 Å². The van der Waals surface area contributed by atoms with Crippen LogP contribution < -0.4 is 5.73 Å². The highest BCUT2D eigenvalue weighted by Crippen LogP contribution is 2.38. The number of halogens is 1. The molecule has 3 heterocycles. The fourth-order valence-electron chi connectivity index (χ4n) is 4.76. The Balaban J connectivity index is 1.29. The molecule has 0 saturated carbocycles. The van der Waals surface area contributed by atoms with E-state index in [2.05, 4.69) is 22.8 Å². The van der Waals surface area contributed by atoms with Gasteiger partial charge in [0.15, 0.2) is 5.60 Å². The Morgan fingerprint density at radius 2 is 1.78 bits per heavy atom. The number of unbranched alkanes of at least 4 members (excludes halogenated alkanes) is 11. The number of terminal acetylenes is 1. The van der Waals surface area contributed by atoms with Crippen molar-refractivity contribution in [3.8, 4) is 12.3 Å². The number of carbonyl (C=O) groups excluding carboxylic acids is 1. The second kappa shape index (κ2) is 15.0. The number of anilines is 1. The smallest absolute Gasteiger partial charge is 0.434 e. The zero-order valence-corrected chi connectivity index (χ0v) is 22.8. The maximum atomic E-state index is 12.1. The van der Waals surface area contributed by atoms with Gasteiger partial charge in [0.25, 0.3) is 0 Å². The molecule has 0 bridgehead atoms. The predicted molar refractivity (Wildman–Crippen MR) is 146 cm³/mol. The van der Waals surface area contributed by atoms with Gasteiger partial charge in [0.1, 0.15) is 24.3 Å². The summed E-state index contributed by atoms with van der Waals surface area (Å²) in [7, 11) is 0. The molecule has 1 saturated heterocycles. The third kappa shape index (κ3) is 8.79. The van der Waals surface area contributed by atoms with Gasteiger partial charge in [-0.25, -0.2) is 9.78 Å². The van der Waals surface area contributed by atoms with Crippen LogP contribution in [0.5, 0.6) is 0 Å². The van der Waals surface area contributed by atoms with Crippen LogP contribution in [0, 0.1) is 12.3 Å². The Hall–Kier alpha value is -2.50. The van der Waals surface area contributed by atoms with Crippen molar-refractivity contribution in [3.05, 3.63) is 17.5 Å². The highest BCUT2D eigenvalue weighted by Gasteiger charge is 2.41. The summed E-state index contributed by atoms with van der Waals surface area (Å²) >= 11 is 5.98. The zero-order valence-electron chi connectivity index (χ0n) is 22.1. The summed E-state index contributed by atoms with van der Waals surface area (Å²) in [4.78, 5) is 20.4. The number of rotatable bonds is 16. The summed E-state index contributed by atoms with van der Waals surface area (Å²) in [6.07, 6.45) is 22.7. The maximum Gasteiger partial charge on any atom is 0.508 e. The van der Waals surface area contributed by atoms with Crippen molar-refractivity contribution < 1.29 is 19.0 Å². The van der Waals surface area contributed by atoms with Crippen LogP contribution in [0.1, 0.15) is 103 Å². The minimum Gasteiger partial charge on any atom is -0.434 e. The maximum absolute atomic E-state index is 12.1. The van der Waals surface area contributed by atoms with Gasteiger partial charge in [0, 0.05) is 6.20 Å². The molecule has 1 fully saturated rings. The number of aromatic nitrogens is 3. The van der Waals surface area contributed by atoms with Gasteiger partial charge in [-0.1, -0.05) is 83.5 Å². The Kier molecular flexibility index (Phi) is 11.8. The molecule has 8 nitrogen and oxygen atoms in total. The molecule has 37 heavy (non-hydrogen) atoms. The number of nitrogen functional groups attached to an aromatic ring is 1. The first-order chi connectivity index (χ1) is 18.0. The lowest BCUT2D eigenvalue weighted by molar-refractivity contribution is -0.0730. The Morgan fingerprint density at radius 3 is 2.43 bits per heavy atom. The van der Waals surface area contributed by atoms with Gasteiger partial charge in [0.05, 0.1) is 12.0 Å². The topological polar surface area (TPSA) is 101 Å². The van der Waals surface area contributed by atoms with E-state index in [0.29, 0.717) is 36.3 Å². The first-order valence-corrected chi connectivity index (χ1v) is 14.1. The monoisotopic (exact) mass is 532 g/mol. The van der Waals surface area contributed by atoms with Crippen molar-refractivity contribution in [2.24, 2.45) is 0 Å². The van der Waals surface area contributed by atoms with Crippen molar-refractivity contribution in [1.29, 1.82) is 0 Å². The fraction of sp³-hybridized carbons (Fsp3) is 0.679. The van der Waals surface area contributed by atoms with Crippen LogP contribution in [-0.2, 0) is 14.2 Å². The van der Waals surface area contributed by atoms with E-state index < -0.39 is 11.8 Å².